The van der Waals surface area contributed by atoms with Gasteiger partial charge in [-0.3, -0.25) is 4.79 Å². The molecule has 0 fully saturated rings. The average Bonchev–Trinajstić information content (AvgIpc) is 3.03. The van der Waals surface area contributed by atoms with Crippen LogP contribution in [0.1, 0.15) is 52.7 Å². The number of fused-ring (bicyclic) bond motifs is 1. The van der Waals surface area contributed by atoms with Crippen molar-refractivity contribution in [2.45, 2.75) is 53.4 Å². The molecule has 0 spiro atoms. The summed E-state index contributed by atoms with van der Waals surface area (Å²) in [6, 6.07) is 13.3. The van der Waals surface area contributed by atoms with E-state index in [9.17, 15) is 9.59 Å². The fourth-order valence-electron chi connectivity index (χ4n) is 3.42. The molecule has 3 rings (SSSR count). The Morgan fingerprint density at radius 2 is 1.45 bits per heavy atom. The van der Waals surface area contributed by atoms with Gasteiger partial charge in [-0.1, -0.05) is 59.7 Å². The molecule has 0 unspecified atom stereocenters. The van der Waals surface area contributed by atoms with Gasteiger partial charge in [-0.05, 0) is 47.2 Å². The molecular weight excluding hydrogens is 362 g/mol. The van der Waals surface area contributed by atoms with Crippen LogP contribution in [0, 0.1) is 5.41 Å². The minimum absolute atomic E-state index is 0.0710. The fourth-order valence-corrected chi connectivity index (χ4v) is 3.42. The van der Waals surface area contributed by atoms with E-state index in [1.54, 1.807) is 0 Å². The zero-order valence-electron chi connectivity index (χ0n) is 18.2. The van der Waals surface area contributed by atoms with Crippen molar-refractivity contribution in [2.24, 2.45) is 5.41 Å². The van der Waals surface area contributed by atoms with Crippen LogP contribution in [0.25, 0.3) is 0 Å². The van der Waals surface area contributed by atoms with Crippen LogP contribution >= 0.6 is 0 Å². The van der Waals surface area contributed by atoms with E-state index in [1.165, 1.54) is 5.56 Å². The summed E-state index contributed by atoms with van der Waals surface area (Å²) >= 11 is 0. The summed E-state index contributed by atoms with van der Waals surface area (Å²) in [6.07, 6.45) is 0.837. The van der Waals surface area contributed by atoms with E-state index in [1.807, 2.05) is 68.1 Å². The van der Waals surface area contributed by atoms with Crippen LogP contribution in [0.4, 0.5) is 21.9 Å². The first kappa shape index (κ1) is 20.9. The Bertz CT molecular complexity index is 919. The van der Waals surface area contributed by atoms with Crippen molar-refractivity contribution in [1.82, 2.24) is 0 Å². The molecule has 1 aliphatic heterocycles. The number of amides is 3. The van der Waals surface area contributed by atoms with E-state index >= 15 is 0 Å². The number of hydrogen-bond donors (Lipinski definition) is 2. The van der Waals surface area contributed by atoms with Gasteiger partial charge in [0, 0.05) is 29.0 Å². The molecule has 0 bridgehead atoms. The van der Waals surface area contributed by atoms with Gasteiger partial charge in [0.25, 0.3) is 0 Å². The molecule has 5 nitrogen and oxygen atoms in total. The molecule has 0 atom stereocenters. The summed E-state index contributed by atoms with van der Waals surface area (Å²) in [6.45, 7) is 12.9. The highest BCUT2D eigenvalue weighted by Crippen LogP contribution is 2.34. The number of benzene rings is 2. The molecular formula is C24H31N3O2. The Morgan fingerprint density at radius 3 is 2.03 bits per heavy atom. The molecule has 1 aliphatic rings. The van der Waals surface area contributed by atoms with Gasteiger partial charge in [-0.25, -0.2) is 4.79 Å². The maximum absolute atomic E-state index is 12.7. The van der Waals surface area contributed by atoms with E-state index in [0.717, 1.165) is 23.4 Å². The lowest BCUT2D eigenvalue weighted by Crippen LogP contribution is -2.38. The number of hydrogen-bond acceptors (Lipinski definition) is 2. The van der Waals surface area contributed by atoms with E-state index in [4.69, 9.17) is 0 Å². The first-order chi connectivity index (χ1) is 13.4. The van der Waals surface area contributed by atoms with Gasteiger partial charge in [0.05, 0.1) is 0 Å². The molecule has 0 saturated heterocycles. The van der Waals surface area contributed by atoms with Crippen molar-refractivity contribution in [3.8, 4) is 0 Å². The number of nitrogens with one attached hydrogen (secondary N) is 2. The second-order valence-corrected chi connectivity index (χ2v) is 9.71. The zero-order chi connectivity index (χ0) is 21.4. The molecule has 2 aromatic rings. The maximum Gasteiger partial charge on any atom is 0.323 e. The first-order valence-corrected chi connectivity index (χ1v) is 10.1. The SMILES string of the molecule is CC(C)(C)C(=O)N1CCc2ccc(NC(=O)Nc3ccc(C(C)(C)C)cc3)cc21. The Morgan fingerprint density at radius 1 is 0.862 bits per heavy atom. The monoisotopic (exact) mass is 393 g/mol. The van der Waals surface area contributed by atoms with Gasteiger partial charge in [-0.15, -0.1) is 0 Å². The quantitative estimate of drug-likeness (QED) is 0.701. The third kappa shape index (κ3) is 4.78. The molecule has 154 valence electrons. The predicted octanol–water partition coefficient (Wildman–Crippen LogP) is 5.56. The predicted molar refractivity (Wildman–Crippen MR) is 120 cm³/mol. The van der Waals surface area contributed by atoms with E-state index in [-0.39, 0.29) is 17.4 Å². The number of carbonyl (C=O) groups is 2. The second-order valence-electron chi connectivity index (χ2n) is 9.71. The minimum atomic E-state index is -0.443. The number of rotatable bonds is 2. The largest absolute Gasteiger partial charge is 0.323 e. The summed E-state index contributed by atoms with van der Waals surface area (Å²) in [5.41, 5.74) is 4.26. The zero-order valence-corrected chi connectivity index (χ0v) is 18.2. The molecule has 0 aromatic heterocycles. The molecule has 5 heteroatoms. The van der Waals surface area contributed by atoms with Crippen molar-refractivity contribution in [1.29, 1.82) is 0 Å². The Kier molecular flexibility index (Phi) is 5.44. The minimum Gasteiger partial charge on any atom is -0.311 e. The van der Waals surface area contributed by atoms with Crippen LogP contribution in [0.2, 0.25) is 0 Å². The average molecular weight is 394 g/mol. The topological polar surface area (TPSA) is 61.4 Å². The molecule has 1 heterocycles. The smallest absolute Gasteiger partial charge is 0.311 e. The Hall–Kier alpha value is -2.82. The Balaban J connectivity index is 1.70. The van der Waals surface area contributed by atoms with Crippen LogP contribution in [0.5, 0.6) is 0 Å². The number of nitrogens with zero attached hydrogens (tertiary/aromatic N) is 1. The third-order valence-corrected chi connectivity index (χ3v) is 5.13. The normalized spacial score (nSPS) is 13.8. The highest BCUT2D eigenvalue weighted by Gasteiger charge is 2.32. The highest BCUT2D eigenvalue weighted by molar-refractivity contribution is 6.02. The lowest BCUT2D eigenvalue weighted by Gasteiger charge is -2.26. The van der Waals surface area contributed by atoms with Gasteiger partial charge in [-0.2, -0.15) is 0 Å². The Labute approximate surface area is 173 Å². The van der Waals surface area contributed by atoms with Crippen molar-refractivity contribution < 1.29 is 9.59 Å². The van der Waals surface area contributed by atoms with Crippen molar-refractivity contribution in [3.63, 3.8) is 0 Å². The maximum atomic E-state index is 12.7. The van der Waals surface area contributed by atoms with Crippen LogP contribution < -0.4 is 15.5 Å². The van der Waals surface area contributed by atoms with Crippen molar-refractivity contribution in [2.75, 3.05) is 22.1 Å². The van der Waals surface area contributed by atoms with Gasteiger partial charge in [0.15, 0.2) is 0 Å². The molecule has 29 heavy (non-hydrogen) atoms. The van der Waals surface area contributed by atoms with E-state index < -0.39 is 5.41 Å². The molecule has 2 aromatic carbocycles. The summed E-state index contributed by atoms with van der Waals surface area (Å²) in [5.74, 6) is 0.0942. The molecule has 0 saturated carbocycles. The van der Waals surface area contributed by atoms with Crippen LogP contribution in [-0.2, 0) is 16.6 Å². The van der Waals surface area contributed by atoms with Crippen LogP contribution in [0.3, 0.4) is 0 Å². The third-order valence-electron chi connectivity index (χ3n) is 5.13. The van der Waals surface area contributed by atoms with Crippen molar-refractivity contribution in [3.05, 3.63) is 53.6 Å². The summed E-state index contributed by atoms with van der Waals surface area (Å²) in [7, 11) is 0. The summed E-state index contributed by atoms with van der Waals surface area (Å²) in [4.78, 5) is 27.0. The standard InChI is InChI=1S/C24H31N3O2/c1-23(2,3)17-8-11-18(12-9-17)25-22(29)26-19-10-7-16-13-14-27(20(16)15-19)21(28)24(4,5)6/h7-12,15H,13-14H2,1-6H3,(H2,25,26,29). The lowest BCUT2D eigenvalue weighted by atomic mass is 9.87. The second kappa shape index (κ2) is 7.54. The number of urea groups is 1. The number of carbonyl (C=O) groups excluding carboxylic acids is 2. The van der Waals surface area contributed by atoms with Crippen LogP contribution in [-0.4, -0.2) is 18.5 Å². The number of anilines is 3. The van der Waals surface area contributed by atoms with Gasteiger partial charge in [0.2, 0.25) is 5.91 Å². The molecule has 0 radical (unpaired) electrons. The van der Waals surface area contributed by atoms with Gasteiger partial charge >= 0.3 is 6.03 Å². The summed E-state index contributed by atoms with van der Waals surface area (Å²) < 4.78 is 0. The van der Waals surface area contributed by atoms with E-state index in [2.05, 4.69) is 31.4 Å². The highest BCUT2D eigenvalue weighted by atomic mass is 16.2. The van der Waals surface area contributed by atoms with Gasteiger partial charge in [0.1, 0.15) is 0 Å². The van der Waals surface area contributed by atoms with E-state index in [0.29, 0.717) is 12.2 Å². The molecule has 2 N–H and O–H groups in total. The lowest BCUT2D eigenvalue weighted by molar-refractivity contribution is -0.125. The summed E-state index contributed by atoms with van der Waals surface area (Å²) in [5, 5.41) is 5.74. The molecule has 0 aliphatic carbocycles. The van der Waals surface area contributed by atoms with Gasteiger partial charge < -0.3 is 15.5 Å². The fraction of sp³-hybridized carbons (Fsp3) is 0.417. The van der Waals surface area contributed by atoms with Crippen molar-refractivity contribution >= 4 is 29.0 Å². The van der Waals surface area contributed by atoms with Crippen LogP contribution in [0.15, 0.2) is 42.5 Å². The molecule has 3 amide bonds. The first-order valence-electron chi connectivity index (χ1n) is 10.1.